The third-order valence-electron chi connectivity index (χ3n) is 6.68. The lowest BCUT2D eigenvalue weighted by Gasteiger charge is -2.27. The maximum atomic E-state index is 13.6. The Kier molecular flexibility index (Phi) is 7.24. The summed E-state index contributed by atoms with van der Waals surface area (Å²) in [6.45, 7) is 7.65. The van der Waals surface area contributed by atoms with Crippen LogP contribution < -0.4 is 15.4 Å². The molecule has 194 valence electrons. The molecule has 0 bridgehead atoms. The summed E-state index contributed by atoms with van der Waals surface area (Å²) in [6, 6.07) is 6.96. The van der Waals surface area contributed by atoms with Crippen molar-refractivity contribution >= 4 is 33.1 Å². The van der Waals surface area contributed by atoms with E-state index >= 15 is 0 Å². The zero-order valence-corrected chi connectivity index (χ0v) is 22.3. The number of fused-ring (bicyclic) bond motifs is 1. The van der Waals surface area contributed by atoms with Crippen molar-refractivity contribution in [1.82, 2.24) is 19.5 Å². The average Bonchev–Trinajstić information content (AvgIpc) is 3.43. The Hall–Kier alpha value is -3.18. The highest BCUT2D eigenvalue weighted by Crippen LogP contribution is 2.29. The van der Waals surface area contributed by atoms with E-state index in [1.54, 1.807) is 28.6 Å². The van der Waals surface area contributed by atoms with Crippen LogP contribution in [0.5, 0.6) is 0 Å². The smallest absolute Gasteiger partial charge is 0.256 e. The average molecular weight is 514 g/mol. The number of nitrogens with zero attached hydrogens (tertiary/aromatic N) is 5. The molecule has 0 aliphatic carbocycles. The van der Waals surface area contributed by atoms with Gasteiger partial charge in [-0.1, -0.05) is 19.9 Å². The van der Waals surface area contributed by atoms with E-state index in [2.05, 4.69) is 9.62 Å². The van der Waals surface area contributed by atoms with E-state index in [0.29, 0.717) is 17.6 Å². The van der Waals surface area contributed by atoms with E-state index in [1.165, 1.54) is 0 Å². The summed E-state index contributed by atoms with van der Waals surface area (Å²) in [5.74, 6) is 0.628. The zero-order valence-electron chi connectivity index (χ0n) is 21.5. The molecule has 1 fully saturated rings. The van der Waals surface area contributed by atoms with Gasteiger partial charge >= 0.3 is 0 Å². The van der Waals surface area contributed by atoms with E-state index < -0.39 is 10.0 Å². The highest BCUT2D eigenvalue weighted by Gasteiger charge is 2.27. The molecule has 0 saturated carbocycles. The Labute approximate surface area is 212 Å². The number of nitrogens with two attached hydrogens (primary N) is 1. The fourth-order valence-corrected chi connectivity index (χ4v) is 5.35. The van der Waals surface area contributed by atoms with Crippen LogP contribution in [0.3, 0.4) is 0 Å². The molecule has 10 nitrogen and oxygen atoms in total. The van der Waals surface area contributed by atoms with Gasteiger partial charge in [-0.25, -0.2) is 17.9 Å². The number of hydrogen-bond acceptors (Lipinski definition) is 7. The number of anilines is 2. The first kappa shape index (κ1) is 25.9. The number of nitrogens with one attached hydrogen (secondary N) is 1. The Balaban J connectivity index is 1.67. The van der Waals surface area contributed by atoms with Gasteiger partial charge in [0.15, 0.2) is 5.65 Å². The van der Waals surface area contributed by atoms with Crippen LogP contribution in [0, 0.1) is 6.92 Å². The van der Waals surface area contributed by atoms with E-state index in [0.717, 1.165) is 54.8 Å². The first-order valence-electron chi connectivity index (χ1n) is 12.3. The number of rotatable bonds is 8. The van der Waals surface area contributed by atoms with Crippen molar-refractivity contribution in [1.29, 1.82) is 0 Å². The summed E-state index contributed by atoms with van der Waals surface area (Å²) in [4.78, 5) is 22.3. The molecule has 3 heterocycles. The van der Waals surface area contributed by atoms with Gasteiger partial charge in [0.2, 0.25) is 10.0 Å². The second kappa shape index (κ2) is 10.1. The van der Waals surface area contributed by atoms with Gasteiger partial charge in [0.05, 0.1) is 29.2 Å². The molecule has 3 aromatic rings. The van der Waals surface area contributed by atoms with Crippen LogP contribution in [-0.2, 0) is 16.4 Å². The van der Waals surface area contributed by atoms with Crippen molar-refractivity contribution in [2.24, 2.45) is 5.73 Å². The summed E-state index contributed by atoms with van der Waals surface area (Å²) in [7, 11) is -1.83. The van der Waals surface area contributed by atoms with Crippen LogP contribution in [0.2, 0.25) is 0 Å². The van der Waals surface area contributed by atoms with E-state index in [9.17, 15) is 13.2 Å². The Morgan fingerprint density at radius 3 is 2.67 bits per heavy atom. The maximum Gasteiger partial charge on any atom is 0.256 e. The number of carbonyl (C=O) groups is 1. The highest BCUT2D eigenvalue weighted by molar-refractivity contribution is 7.92. The molecule has 0 radical (unpaired) electrons. The summed E-state index contributed by atoms with van der Waals surface area (Å²) in [5.41, 5.74) is 10.1. The SMILES string of the molecule is CCc1ccc(NS(C)(=O)=O)c(C(=O)N(C)[C@@H](CC)c2cc3nc(N4CC[C@H](N)C4)c(C)cn3n2)c1. The number of aromatic nitrogens is 3. The number of aryl methyl sites for hydroxylation is 2. The molecule has 2 aromatic heterocycles. The number of carbonyl (C=O) groups excluding carboxylic acids is 1. The Bertz CT molecular complexity index is 1390. The van der Waals surface area contributed by atoms with Crippen molar-refractivity contribution in [2.45, 2.75) is 52.1 Å². The molecule has 11 heteroatoms. The third kappa shape index (κ3) is 5.31. The minimum absolute atomic E-state index is 0.153. The standard InChI is InChI=1S/C25H35N7O3S/c1-6-17-8-9-20(29-36(5,34)35)19(12-17)25(33)30(4)22(7-2)21-13-23-27-24(16(3)14-32(23)28-21)31-11-10-18(26)15-31/h8-9,12-14,18,22,29H,6-7,10-11,15,26H2,1-5H3/t18-,22-/m0/s1. The van der Waals surface area contributed by atoms with Crippen LogP contribution in [-0.4, -0.2) is 66.3 Å². The first-order valence-corrected chi connectivity index (χ1v) is 14.1. The molecule has 4 rings (SSSR count). The molecule has 1 saturated heterocycles. The minimum atomic E-state index is -3.55. The summed E-state index contributed by atoms with van der Waals surface area (Å²) in [5, 5.41) is 4.75. The largest absolute Gasteiger partial charge is 0.355 e. The second-order valence-electron chi connectivity index (χ2n) is 9.56. The molecule has 3 N–H and O–H groups in total. The van der Waals surface area contributed by atoms with E-state index in [-0.39, 0.29) is 23.7 Å². The fourth-order valence-electron chi connectivity index (χ4n) is 4.77. The van der Waals surface area contributed by atoms with Crippen LogP contribution in [0.15, 0.2) is 30.5 Å². The molecular formula is C25H35N7O3S. The lowest BCUT2D eigenvalue weighted by Crippen LogP contribution is -2.32. The molecule has 1 aromatic carbocycles. The molecule has 36 heavy (non-hydrogen) atoms. The first-order chi connectivity index (χ1) is 17.0. The Morgan fingerprint density at radius 2 is 2.06 bits per heavy atom. The van der Waals surface area contributed by atoms with Crippen LogP contribution in [0.1, 0.15) is 59.9 Å². The van der Waals surface area contributed by atoms with Crippen LogP contribution in [0.4, 0.5) is 11.5 Å². The molecule has 0 unspecified atom stereocenters. The number of hydrogen-bond donors (Lipinski definition) is 2. The zero-order chi connectivity index (χ0) is 26.2. The van der Waals surface area contributed by atoms with Crippen LogP contribution >= 0.6 is 0 Å². The summed E-state index contributed by atoms with van der Waals surface area (Å²) < 4.78 is 28.1. The van der Waals surface area contributed by atoms with Crippen molar-refractivity contribution < 1.29 is 13.2 Å². The van der Waals surface area contributed by atoms with Crippen molar-refractivity contribution in [3.05, 3.63) is 52.8 Å². The second-order valence-corrected chi connectivity index (χ2v) is 11.3. The Morgan fingerprint density at radius 1 is 1.31 bits per heavy atom. The monoisotopic (exact) mass is 513 g/mol. The highest BCUT2D eigenvalue weighted by atomic mass is 32.2. The topological polar surface area (TPSA) is 126 Å². The van der Waals surface area contributed by atoms with Crippen molar-refractivity contribution in [3.8, 4) is 0 Å². The minimum Gasteiger partial charge on any atom is -0.355 e. The number of benzene rings is 1. The molecular weight excluding hydrogens is 478 g/mol. The molecule has 1 aliphatic rings. The van der Waals surface area contributed by atoms with Gasteiger partial charge < -0.3 is 15.5 Å². The van der Waals surface area contributed by atoms with Gasteiger partial charge in [0.25, 0.3) is 5.91 Å². The maximum absolute atomic E-state index is 13.6. The van der Waals surface area contributed by atoms with Gasteiger partial charge in [-0.3, -0.25) is 9.52 Å². The quantitative estimate of drug-likeness (QED) is 0.474. The molecule has 1 amide bonds. The van der Waals surface area contributed by atoms with Gasteiger partial charge in [-0.2, -0.15) is 5.10 Å². The normalized spacial score (nSPS) is 16.9. The fraction of sp³-hybridized carbons (Fsp3) is 0.480. The van der Waals surface area contributed by atoms with Gasteiger partial charge in [-0.15, -0.1) is 0 Å². The predicted molar refractivity (Wildman–Crippen MR) is 142 cm³/mol. The number of amides is 1. The molecule has 1 aliphatic heterocycles. The third-order valence-corrected chi connectivity index (χ3v) is 7.27. The van der Waals surface area contributed by atoms with Crippen molar-refractivity contribution in [3.63, 3.8) is 0 Å². The van der Waals surface area contributed by atoms with E-state index in [4.69, 9.17) is 15.8 Å². The lowest BCUT2D eigenvalue weighted by atomic mass is 10.0. The van der Waals surface area contributed by atoms with Gasteiger partial charge in [0, 0.05) is 44.0 Å². The predicted octanol–water partition coefficient (Wildman–Crippen LogP) is 2.73. The number of sulfonamides is 1. The molecule has 2 atom stereocenters. The molecule has 0 spiro atoms. The van der Waals surface area contributed by atoms with E-state index in [1.807, 2.05) is 39.1 Å². The van der Waals surface area contributed by atoms with Gasteiger partial charge in [0.1, 0.15) is 5.82 Å². The van der Waals surface area contributed by atoms with Crippen LogP contribution in [0.25, 0.3) is 5.65 Å². The van der Waals surface area contributed by atoms with Gasteiger partial charge in [-0.05, 0) is 43.9 Å². The summed E-state index contributed by atoms with van der Waals surface area (Å²) >= 11 is 0. The van der Waals surface area contributed by atoms with Crippen molar-refractivity contribution in [2.75, 3.05) is 36.0 Å². The summed E-state index contributed by atoms with van der Waals surface area (Å²) in [6.07, 6.45) is 5.32. The lowest BCUT2D eigenvalue weighted by molar-refractivity contribution is 0.0723.